The Hall–Kier alpha value is -0.440. The first-order chi connectivity index (χ1) is 2.91. The molecular weight excluding hydrogens is 100 g/mol. The number of hydrogen-bond donors (Lipinski definition) is 0. The maximum atomic E-state index is 8.29. The first-order valence-corrected chi connectivity index (χ1v) is 2.15. The van der Waals surface area contributed by atoms with Crippen LogP contribution in [0.25, 0.3) is 0 Å². The quantitative estimate of drug-likeness (QED) is 0.413. The Morgan fingerprint density at radius 2 is 1.50 bits per heavy atom. The van der Waals surface area contributed by atoms with Crippen molar-refractivity contribution in [3.63, 3.8) is 0 Å². The van der Waals surface area contributed by atoms with Gasteiger partial charge >= 0.3 is 11.6 Å². The van der Waals surface area contributed by atoms with Crippen LogP contribution in [0.3, 0.4) is 0 Å². The van der Waals surface area contributed by atoms with Gasteiger partial charge in [0.15, 0.2) is 0 Å². The van der Waals surface area contributed by atoms with E-state index in [1.54, 1.807) is 0 Å². The summed E-state index contributed by atoms with van der Waals surface area (Å²) in [6.45, 7) is 0. The smallest absolute Gasteiger partial charge is 0.168 e. The van der Waals surface area contributed by atoms with Gasteiger partial charge in [-0.25, -0.2) is 0 Å². The molecule has 0 N–H and O–H groups in total. The lowest BCUT2D eigenvalue weighted by atomic mass is 10.9. The molecule has 0 unspecified atom stereocenters. The predicted molar refractivity (Wildman–Crippen MR) is 22.7 cm³/mol. The van der Waals surface area contributed by atoms with Crippen molar-refractivity contribution in [2.75, 3.05) is 0 Å². The third-order valence-electron chi connectivity index (χ3n) is 0.236. The summed E-state index contributed by atoms with van der Waals surface area (Å²) in [5.74, 6) is 0. The second-order valence-corrected chi connectivity index (χ2v) is 0.911. The Kier molecular flexibility index (Phi) is 4.23. The maximum Gasteiger partial charge on any atom is 0.335 e. The Bertz CT molecular complexity index is 76.8. The van der Waals surface area contributed by atoms with Gasteiger partial charge in [-0.1, -0.05) is 12.2 Å². The molecule has 34 valence electrons. The molecule has 0 aromatic carbocycles. The van der Waals surface area contributed by atoms with Crippen LogP contribution in [-0.4, -0.2) is 8.42 Å². The van der Waals surface area contributed by atoms with E-state index >= 15 is 0 Å². The molecule has 1 aliphatic carbocycles. The molecular formula is C3H4O2S. The van der Waals surface area contributed by atoms with Crippen molar-refractivity contribution >= 4 is 11.6 Å². The van der Waals surface area contributed by atoms with Gasteiger partial charge in [-0.05, 0) is 6.42 Å². The highest BCUT2D eigenvalue weighted by Gasteiger charge is 1.75. The fraction of sp³-hybridized carbons (Fsp3) is 0.333. The van der Waals surface area contributed by atoms with Gasteiger partial charge in [0.05, 0.1) is 0 Å². The fourth-order valence-corrected chi connectivity index (χ4v) is 0. The van der Waals surface area contributed by atoms with E-state index in [1.807, 2.05) is 0 Å². The minimum Gasteiger partial charge on any atom is -0.168 e. The summed E-state index contributed by atoms with van der Waals surface area (Å²) >= 11 is -0.750. The molecule has 0 aliphatic heterocycles. The van der Waals surface area contributed by atoms with E-state index in [4.69, 9.17) is 8.42 Å². The maximum absolute atomic E-state index is 8.29. The van der Waals surface area contributed by atoms with Crippen LogP contribution in [0.2, 0.25) is 0 Å². The molecule has 0 heterocycles. The van der Waals surface area contributed by atoms with Crippen molar-refractivity contribution in [1.82, 2.24) is 0 Å². The molecule has 0 radical (unpaired) electrons. The van der Waals surface area contributed by atoms with Crippen LogP contribution in [0.4, 0.5) is 0 Å². The summed E-state index contributed by atoms with van der Waals surface area (Å²) < 4.78 is 16.6. The van der Waals surface area contributed by atoms with Gasteiger partial charge in [-0.15, -0.1) is 0 Å². The monoisotopic (exact) mass is 104 g/mol. The fourth-order valence-electron chi connectivity index (χ4n) is 0. The average Bonchev–Trinajstić information content (AvgIpc) is 2.11. The van der Waals surface area contributed by atoms with Crippen molar-refractivity contribution in [2.24, 2.45) is 0 Å². The van der Waals surface area contributed by atoms with E-state index in [2.05, 4.69) is 12.2 Å². The van der Waals surface area contributed by atoms with Crippen LogP contribution in [0.15, 0.2) is 12.2 Å². The predicted octanol–water partition coefficient (Wildman–Crippen LogP) is 0.276. The molecule has 0 fully saturated rings. The third-order valence-corrected chi connectivity index (χ3v) is 0.236. The molecule has 1 aliphatic rings. The number of rotatable bonds is 0. The van der Waals surface area contributed by atoms with Crippen LogP contribution < -0.4 is 0 Å². The highest BCUT2D eigenvalue weighted by atomic mass is 32.1. The molecule has 0 aromatic rings. The van der Waals surface area contributed by atoms with E-state index in [0.717, 1.165) is 0 Å². The highest BCUT2D eigenvalue weighted by Crippen LogP contribution is 1.96. The van der Waals surface area contributed by atoms with Crippen LogP contribution in [-0.2, 0) is 11.6 Å². The Morgan fingerprint density at radius 3 is 1.50 bits per heavy atom. The normalized spacial score (nSPS) is 11.3. The topological polar surface area (TPSA) is 34.1 Å². The van der Waals surface area contributed by atoms with Crippen molar-refractivity contribution in [1.29, 1.82) is 0 Å². The van der Waals surface area contributed by atoms with Crippen LogP contribution in [0, 0.1) is 0 Å². The summed E-state index contributed by atoms with van der Waals surface area (Å²) in [6, 6.07) is 0. The lowest BCUT2D eigenvalue weighted by Gasteiger charge is -1.15. The summed E-state index contributed by atoms with van der Waals surface area (Å²) in [4.78, 5) is 0. The molecule has 0 bridgehead atoms. The van der Waals surface area contributed by atoms with Gasteiger partial charge in [0.1, 0.15) is 0 Å². The van der Waals surface area contributed by atoms with E-state index < -0.39 is 11.6 Å². The van der Waals surface area contributed by atoms with E-state index in [1.165, 1.54) is 6.42 Å². The molecule has 0 aromatic heterocycles. The summed E-state index contributed by atoms with van der Waals surface area (Å²) in [5, 5.41) is 0. The van der Waals surface area contributed by atoms with Gasteiger partial charge in [-0.2, -0.15) is 8.42 Å². The van der Waals surface area contributed by atoms with E-state index in [9.17, 15) is 0 Å². The Morgan fingerprint density at radius 1 is 1.33 bits per heavy atom. The second kappa shape index (κ2) is 4.56. The largest absolute Gasteiger partial charge is 0.335 e. The third kappa shape index (κ3) is 74.4. The first-order valence-electron chi connectivity index (χ1n) is 1.48. The molecule has 0 atom stereocenters. The van der Waals surface area contributed by atoms with Gasteiger partial charge in [0.25, 0.3) is 0 Å². The number of hydrogen-bond acceptors (Lipinski definition) is 2. The zero-order valence-electron chi connectivity index (χ0n) is 3.09. The standard InChI is InChI=1S/C3H4.O2S/c1-2-3-1;1-3-2/h1-2H,3H2;. The summed E-state index contributed by atoms with van der Waals surface area (Å²) in [5.41, 5.74) is 0. The molecule has 3 heteroatoms. The lowest BCUT2D eigenvalue weighted by Crippen LogP contribution is -1.18. The first kappa shape index (κ1) is 5.56. The molecule has 1 rings (SSSR count). The van der Waals surface area contributed by atoms with Gasteiger partial charge in [0, 0.05) is 0 Å². The van der Waals surface area contributed by atoms with Crippen LogP contribution >= 0.6 is 0 Å². The van der Waals surface area contributed by atoms with Crippen LogP contribution in [0.5, 0.6) is 0 Å². The van der Waals surface area contributed by atoms with E-state index in [0.29, 0.717) is 0 Å². The summed E-state index contributed by atoms with van der Waals surface area (Å²) in [6.07, 6.45) is 5.50. The van der Waals surface area contributed by atoms with Crippen LogP contribution in [0.1, 0.15) is 6.42 Å². The van der Waals surface area contributed by atoms with E-state index in [-0.39, 0.29) is 0 Å². The van der Waals surface area contributed by atoms with Gasteiger partial charge in [-0.3, -0.25) is 0 Å². The molecule has 6 heavy (non-hydrogen) atoms. The van der Waals surface area contributed by atoms with Gasteiger partial charge in [0.2, 0.25) is 0 Å². The molecule has 0 spiro atoms. The number of allylic oxidation sites excluding steroid dienone is 2. The van der Waals surface area contributed by atoms with Crippen molar-refractivity contribution in [2.45, 2.75) is 6.42 Å². The zero-order valence-corrected chi connectivity index (χ0v) is 3.90. The minimum absolute atomic E-state index is 0.750. The molecule has 2 nitrogen and oxygen atoms in total. The van der Waals surface area contributed by atoms with Gasteiger partial charge < -0.3 is 0 Å². The Labute approximate surface area is 39.5 Å². The zero-order chi connectivity index (χ0) is 4.83. The summed E-state index contributed by atoms with van der Waals surface area (Å²) in [7, 11) is 0. The molecule has 0 saturated heterocycles. The second-order valence-electron chi connectivity index (χ2n) is 0.775. The lowest BCUT2D eigenvalue weighted by molar-refractivity contribution is 0.630. The Balaban J connectivity index is 0.0000000833. The van der Waals surface area contributed by atoms with Crippen molar-refractivity contribution in [3.05, 3.63) is 12.2 Å². The van der Waals surface area contributed by atoms with Crippen molar-refractivity contribution < 1.29 is 8.42 Å². The average molecular weight is 104 g/mol. The molecule has 0 amide bonds. The SMILES string of the molecule is C1=CC1.O=S=O. The highest BCUT2D eigenvalue weighted by molar-refractivity contribution is 7.51. The minimum atomic E-state index is -0.750. The van der Waals surface area contributed by atoms with Crippen molar-refractivity contribution in [3.8, 4) is 0 Å². The molecule has 0 saturated carbocycles.